The first-order valence-corrected chi connectivity index (χ1v) is 6.57. The van der Waals surface area contributed by atoms with E-state index in [0.29, 0.717) is 5.92 Å². The summed E-state index contributed by atoms with van der Waals surface area (Å²) in [6.45, 7) is 12.0. The zero-order valence-corrected chi connectivity index (χ0v) is 10.6. The van der Waals surface area contributed by atoms with Crippen LogP contribution in [0, 0.1) is 5.92 Å². The first-order valence-electron chi connectivity index (χ1n) is 6.57. The van der Waals surface area contributed by atoms with Gasteiger partial charge in [0.05, 0.1) is 0 Å². The topological polar surface area (TPSA) is 15.3 Å². The van der Waals surface area contributed by atoms with Gasteiger partial charge in [-0.3, -0.25) is 0 Å². The lowest BCUT2D eigenvalue weighted by molar-refractivity contribution is 0.230. The number of piperazine rings is 1. The first kappa shape index (κ1) is 13.5. The van der Waals surface area contributed by atoms with Crippen molar-refractivity contribution < 1.29 is 0 Å². The minimum atomic E-state index is 0.687. The van der Waals surface area contributed by atoms with Crippen LogP contribution < -0.4 is 5.32 Å². The van der Waals surface area contributed by atoms with Gasteiger partial charge in [-0.05, 0) is 31.7 Å². The average Bonchev–Trinajstić information content (AvgIpc) is 2.34. The average molecular weight is 222 g/mol. The van der Waals surface area contributed by atoms with Crippen molar-refractivity contribution in [3.63, 3.8) is 0 Å². The molecule has 1 saturated heterocycles. The second-order valence-corrected chi connectivity index (χ2v) is 4.50. The van der Waals surface area contributed by atoms with Crippen LogP contribution in [0.5, 0.6) is 0 Å². The fraction of sp³-hybridized carbons (Fsp3) is 0.714. The van der Waals surface area contributed by atoms with Crippen molar-refractivity contribution in [3.05, 3.63) is 24.8 Å². The van der Waals surface area contributed by atoms with Crippen LogP contribution in [-0.2, 0) is 0 Å². The van der Waals surface area contributed by atoms with Crippen molar-refractivity contribution in [3.8, 4) is 0 Å². The molecule has 0 bridgehead atoms. The highest BCUT2D eigenvalue weighted by molar-refractivity contribution is 4.91. The normalized spacial score (nSPS) is 20.1. The summed E-state index contributed by atoms with van der Waals surface area (Å²) in [4.78, 5) is 2.56. The first-order chi connectivity index (χ1) is 7.86. The summed E-state index contributed by atoms with van der Waals surface area (Å²) < 4.78 is 0. The maximum atomic E-state index is 3.85. The zero-order valence-electron chi connectivity index (χ0n) is 10.6. The van der Waals surface area contributed by atoms with Gasteiger partial charge in [0.2, 0.25) is 0 Å². The van der Waals surface area contributed by atoms with Crippen LogP contribution in [0.25, 0.3) is 0 Å². The summed E-state index contributed by atoms with van der Waals surface area (Å²) in [6.07, 6.45) is 10.2. The van der Waals surface area contributed by atoms with Crippen molar-refractivity contribution >= 4 is 0 Å². The molecule has 1 fully saturated rings. The van der Waals surface area contributed by atoms with Crippen LogP contribution >= 0.6 is 0 Å². The molecule has 92 valence electrons. The highest BCUT2D eigenvalue weighted by atomic mass is 15.2. The van der Waals surface area contributed by atoms with E-state index >= 15 is 0 Å². The van der Waals surface area contributed by atoms with E-state index in [4.69, 9.17) is 0 Å². The van der Waals surface area contributed by atoms with E-state index in [1.165, 1.54) is 26.1 Å². The molecule has 16 heavy (non-hydrogen) atoms. The van der Waals surface area contributed by atoms with Crippen molar-refractivity contribution in [2.24, 2.45) is 5.92 Å². The summed E-state index contributed by atoms with van der Waals surface area (Å²) >= 11 is 0. The van der Waals surface area contributed by atoms with Gasteiger partial charge in [0.15, 0.2) is 0 Å². The summed E-state index contributed by atoms with van der Waals surface area (Å²) in [7, 11) is 0. The molecule has 1 unspecified atom stereocenters. The van der Waals surface area contributed by atoms with Gasteiger partial charge in [0.1, 0.15) is 0 Å². The predicted molar refractivity (Wildman–Crippen MR) is 71.7 cm³/mol. The van der Waals surface area contributed by atoms with Gasteiger partial charge in [0, 0.05) is 26.2 Å². The minimum absolute atomic E-state index is 0.687. The third-order valence-corrected chi connectivity index (χ3v) is 3.14. The minimum Gasteiger partial charge on any atom is -0.314 e. The van der Waals surface area contributed by atoms with Gasteiger partial charge >= 0.3 is 0 Å². The van der Waals surface area contributed by atoms with Gasteiger partial charge in [-0.15, -0.1) is 6.58 Å². The third kappa shape index (κ3) is 5.47. The lowest BCUT2D eigenvalue weighted by Crippen LogP contribution is -2.44. The van der Waals surface area contributed by atoms with Crippen molar-refractivity contribution in [2.75, 3.05) is 32.7 Å². The van der Waals surface area contributed by atoms with E-state index in [0.717, 1.165) is 25.9 Å². The number of nitrogens with one attached hydrogen (secondary N) is 1. The van der Waals surface area contributed by atoms with Crippen molar-refractivity contribution in [1.29, 1.82) is 0 Å². The molecule has 2 heteroatoms. The molecular formula is C14H26N2. The number of nitrogens with zero attached hydrogens (tertiary/aromatic N) is 1. The van der Waals surface area contributed by atoms with Gasteiger partial charge in [-0.2, -0.15) is 0 Å². The molecule has 1 atom stereocenters. The molecule has 2 nitrogen and oxygen atoms in total. The Kier molecular flexibility index (Phi) is 7.19. The van der Waals surface area contributed by atoms with E-state index in [1.54, 1.807) is 0 Å². The molecule has 1 aliphatic rings. The molecule has 1 aliphatic heterocycles. The van der Waals surface area contributed by atoms with Crippen molar-refractivity contribution in [2.45, 2.75) is 26.2 Å². The Bertz CT molecular complexity index is 205. The fourth-order valence-corrected chi connectivity index (χ4v) is 2.12. The second kappa shape index (κ2) is 8.54. The Hall–Kier alpha value is -0.600. The number of hydrogen-bond acceptors (Lipinski definition) is 2. The second-order valence-electron chi connectivity index (χ2n) is 4.50. The molecule has 0 aliphatic carbocycles. The van der Waals surface area contributed by atoms with Crippen LogP contribution in [0.3, 0.4) is 0 Å². The summed E-state index contributed by atoms with van der Waals surface area (Å²) in [5, 5.41) is 3.39. The van der Waals surface area contributed by atoms with E-state index in [1.807, 2.05) is 6.08 Å². The Morgan fingerprint density at radius 3 is 2.75 bits per heavy atom. The van der Waals surface area contributed by atoms with Crippen LogP contribution in [-0.4, -0.2) is 37.6 Å². The van der Waals surface area contributed by atoms with Crippen LogP contribution in [0.1, 0.15) is 26.2 Å². The van der Waals surface area contributed by atoms with Gasteiger partial charge in [0.25, 0.3) is 0 Å². The van der Waals surface area contributed by atoms with E-state index in [2.05, 4.69) is 35.9 Å². The summed E-state index contributed by atoms with van der Waals surface area (Å²) in [6, 6.07) is 0. The standard InChI is InChI=1S/C14H26N2/c1-3-5-7-14(6-4-2)8-11-16-12-9-15-10-13-16/h4-5,7,14-15H,2-3,6,8-13H2,1H3/b7-5-. The van der Waals surface area contributed by atoms with Gasteiger partial charge in [-0.25, -0.2) is 0 Å². The van der Waals surface area contributed by atoms with E-state index in [-0.39, 0.29) is 0 Å². The van der Waals surface area contributed by atoms with Crippen LogP contribution in [0.2, 0.25) is 0 Å². The van der Waals surface area contributed by atoms with Crippen LogP contribution in [0.15, 0.2) is 24.8 Å². The zero-order chi connectivity index (χ0) is 11.6. The molecule has 0 radical (unpaired) electrons. The smallest absolute Gasteiger partial charge is 0.0107 e. The van der Waals surface area contributed by atoms with Crippen molar-refractivity contribution in [1.82, 2.24) is 10.2 Å². The lowest BCUT2D eigenvalue weighted by atomic mass is 10.00. The molecule has 1 rings (SSSR count). The predicted octanol–water partition coefficient (Wildman–Crippen LogP) is 2.44. The Morgan fingerprint density at radius 2 is 2.12 bits per heavy atom. The SMILES string of the molecule is C=CCC(/C=C\CC)CCN1CCNCC1. The quantitative estimate of drug-likeness (QED) is 0.666. The Balaban J connectivity index is 2.24. The Morgan fingerprint density at radius 1 is 1.38 bits per heavy atom. The molecule has 0 aromatic heterocycles. The largest absolute Gasteiger partial charge is 0.314 e. The maximum absolute atomic E-state index is 3.85. The van der Waals surface area contributed by atoms with Crippen LogP contribution in [0.4, 0.5) is 0 Å². The number of rotatable bonds is 7. The molecule has 1 heterocycles. The van der Waals surface area contributed by atoms with E-state index < -0.39 is 0 Å². The molecule has 0 aromatic carbocycles. The molecule has 0 amide bonds. The molecule has 0 aromatic rings. The molecule has 1 N–H and O–H groups in total. The highest BCUT2D eigenvalue weighted by Crippen LogP contribution is 2.12. The Labute approximate surface area is 100 Å². The summed E-state index contributed by atoms with van der Waals surface area (Å²) in [5.41, 5.74) is 0. The lowest BCUT2D eigenvalue weighted by Gasteiger charge is -2.28. The molecular weight excluding hydrogens is 196 g/mol. The molecule has 0 spiro atoms. The van der Waals surface area contributed by atoms with E-state index in [9.17, 15) is 0 Å². The highest BCUT2D eigenvalue weighted by Gasteiger charge is 2.11. The number of hydrogen-bond donors (Lipinski definition) is 1. The monoisotopic (exact) mass is 222 g/mol. The molecule has 0 saturated carbocycles. The fourth-order valence-electron chi connectivity index (χ4n) is 2.12. The van der Waals surface area contributed by atoms with Gasteiger partial charge < -0.3 is 10.2 Å². The summed E-state index contributed by atoms with van der Waals surface area (Å²) in [5.74, 6) is 0.687. The maximum Gasteiger partial charge on any atom is 0.0107 e. The third-order valence-electron chi connectivity index (χ3n) is 3.14. The number of allylic oxidation sites excluding steroid dienone is 3. The van der Waals surface area contributed by atoms with Gasteiger partial charge in [-0.1, -0.05) is 25.2 Å².